The Morgan fingerprint density at radius 2 is 2.41 bits per heavy atom. The lowest BCUT2D eigenvalue weighted by Gasteiger charge is -2.17. The Morgan fingerprint density at radius 3 is 3.06 bits per heavy atom. The number of benzene rings is 1. The summed E-state index contributed by atoms with van der Waals surface area (Å²) >= 11 is 3.44. The summed E-state index contributed by atoms with van der Waals surface area (Å²) in [5.74, 6) is 0.106. The van der Waals surface area contributed by atoms with Crippen LogP contribution in [0.2, 0.25) is 0 Å². The molecule has 0 unspecified atom stereocenters. The van der Waals surface area contributed by atoms with Gasteiger partial charge < -0.3 is 10.6 Å². The summed E-state index contributed by atoms with van der Waals surface area (Å²) in [4.78, 5) is 11.9. The molecule has 3 nitrogen and oxygen atoms in total. The van der Waals surface area contributed by atoms with Gasteiger partial charge in [-0.25, -0.2) is 0 Å². The second kappa shape index (κ2) is 5.65. The van der Waals surface area contributed by atoms with Crippen LogP contribution in [-0.4, -0.2) is 18.5 Å². The molecule has 1 fully saturated rings. The average molecular weight is 297 g/mol. The van der Waals surface area contributed by atoms with Gasteiger partial charge in [-0.1, -0.05) is 28.1 Å². The van der Waals surface area contributed by atoms with Gasteiger partial charge in [-0.3, -0.25) is 4.79 Å². The molecule has 2 atom stereocenters. The van der Waals surface area contributed by atoms with Gasteiger partial charge >= 0.3 is 0 Å². The molecule has 2 rings (SSSR count). The maximum atomic E-state index is 11.9. The van der Waals surface area contributed by atoms with Crippen LogP contribution in [0.1, 0.15) is 31.4 Å². The van der Waals surface area contributed by atoms with Crippen LogP contribution in [0, 0.1) is 0 Å². The number of hydrogen-bond donors (Lipinski definition) is 2. The lowest BCUT2D eigenvalue weighted by molar-refractivity contribution is -0.123. The number of amides is 1. The van der Waals surface area contributed by atoms with Crippen LogP contribution in [0.4, 0.5) is 0 Å². The summed E-state index contributed by atoms with van der Waals surface area (Å²) in [6.07, 6.45) is 2.03. The first-order chi connectivity index (χ1) is 8.16. The van der Waals surface area contributed by atoms with Crippen LogP contribution < -0.4 is 10.6 Å². The smallest absolute Gasteiger partial charge is 0.237 e. The highest BCUT2D eigenvalue weighted by Gasteiger charge is 2.23. The number of carbonyl (C=O) groups excluding carboxylic acids is 1. The first-order valence-corrected chi connectivity index (χ1v) is 6.75. The molecule has 1 aliphatic rings. The summed E-state index contributed by atoms with van der Waals surface area (Å²) in [7, 11) is 0. The van der Waals surface area contributed by atoms with Gasteiger partial charge in [0.1, 0.15) is 0 Å². The highest BCUT2D eigenvalue weighted by atomic mass is 79.9. The van der Waals surface area contributed by atoms with E-state index in [1.807, 2.05) is 31.2 Å². The molecule has 17 heavy (non-hydrogen) atoms. The van der Waals surface area contributed by atoms with Crippen LogP contribution in [0.15, 0.2) is 28.7 Å². The molecule has 92 valence electrons. The second-order valence-electron chi connectivity index (χ2n) is 4.43. The fourth-order valence-corrected chi connectivity index (χ4v) is 2.50. The Bertz CT molecular complexity index is 402. The van der Waals surface area contributed by atoms with Crippen molar-refractivity contribution < 1.29 is 4.79 Å². The molecule has 4 heteroatoms. The van der Waals surface area contributed by atoms with E-state index in [0.29, 0.717) is 0 Å². The lowest BCUT2D eigenvalue weighted by atomic mass is 10.1. The molecule has 2 N–H and O–H groups in total. The van der Waals surface area contributed by atoms with Gasteiger partial charge in [-0.2, -0.15) is 0 Å². The van der Waals surface area contributed by atoms with E-state index < -0.39 is 0 Å². The summed E-state index contributed by atoms with van der Waals surface area (Å²) in [5, 5.41) is 6.25. The van der Waals surface area contributed by atoms with E-state index in [4.69, 9.17) is 0 Å². The highest BCUT2D eigenvalue weighted by Crippen LogP contribution is 2.18. The van der Waals surface area contributed by atoms with Crippen molar-refractivity contribution in [1.29, 1.82) is 0 Å². The predicted molar refractivity (Wildman–Crippen MR) is 71.7 cm³/mol. The van der Waals surface area contributed by atoms with Gasteiger partial charge in [0.05, 0.1) is 12.1 Å². The Balaban J connectivity index is 1.96. The van der Waals surface area contributed by atoms with Crippen molar-refractivity contribution in [3.8, 4) is 0 Å². The molecule has 0 spiro atoms. The topological polar surface area (TPSA) is 41.1 Å². The molecule has 1 saturated heterocycles. The zero-order valence-electron chi connectivity index (χ0n) is 9.87. The first kappa shape index (κ1) is 12.6. The normalized spacial score (nSPS) is 21.2. The SMILES string of the molecule is C[C@@H](NC(=O)[C@H]1CCCN1)c1cccc(Br)c1. The summed E-state index contributed by atoms with van der Waals surface area (Å²) in [5.41, 5.74) is 1.12. The minimum Gasteiger partial charge on any atom is -0.348 e. The Kier molecular flexibility index (Phi) is 4.18. The van der Waals surface area contributed by atoms with E-state index in [1.54, 1.807) is 0 Å². The Morgan fingerprint density at radius 1 is 1.59 bits per heavy atom. The van der Waals surface area contributed by atoms with Gasteiger partial charge in [0.25, 0.3) is 0 Å². The number of halogens is 1. The maximum Gasteiger partial charge on any atom is 0.237 e. The quantitative estimate of drug-likeness (QED) is 0.899. The van der Waals surface area contributed by atoms with Crippen molar-refractivity contribution in [2.45, 2.75) is 31.8 Å². The van der Waals surface area contributed by atoms with E-state index in [1.165, 1.54) is 0 Å². The summed E-state index contributed by atoms with van der Waals surface area (Å²) in [6.45, 7) is 2.96. The number of hydrogen-bond acceptors (Lipinski definition) is 2. The summed E-state index contributed by atoms with van der Waals surface area (Å²) in [6, 6.07) is 8.06. The van der Waals surface area contributed by atoms with Gasteiger partial charge in [-0.15, -0.1) is 0 Å². The molecular weight excluding hydrogens is 280 g/mol. The number of carbonyl (C=O) groups is 1. The largest absolute Gasteiger partial charge is 0.348 e. The van der Waals surface area contributed by atoms with E-state index in [0.717, 1.165) is 29.4 Å². The molecule has 0 aromatic heterocycles. The van der Waals surface area contributed by atoms with Crippen molar-refractivity contribution in [1.82, 2.24) is 10.6 Å². The highest BCUT2D eigenvalue weighted by molar-refractivity contribution is 9.10. The van der Waals surface area contributed by atoms with E-state index in [-0.39, 0.29) is 18.0 Å². The van der Waals surface area contributed by atoms with Crippen molar-refractivity contribution in [3.63, 3.8) is 0 Å². The molecule has 0 aliphatic carbocycles. The van der Waals surface area contributed by atoms with E-state index in [2.05, 4.69) is 26.6 Å². The zero-order chi connectivity index (χ0) is 12.3. The van der Waals surface area contributed by atoms with Crippen LogP contribution in [0.3, 0.4) is 0 Å². The number of nitrogens with one attached hydrogen (secondary N) is 2. The molecule has 0 saturated carbocycles. The van der Waals surface area contributed by atoms with Gasteiger partial charge in [-0.05, 0) is 44.0 Å². The fraction of sp³-hybridized carbons (Fsp3) is 0.462. The Hall–Kier alpha value is -0.870. The van der Waals surface area contributed by atoms with Crippen molar-refractivity contribution in [2.24, 2.45) is 0 Å². The predicted octanol–water partition coefficient (Wildman–Crippen LogP) is 2.38. The molecule has 0 bridgehead atoms. The second-order valence-corrected chi connectivity index (χ2v) is 5.35. The lowest BCUT2D eigenvalue weighted by Crippen LogP contribution is -2.41. The van der Waals surface area contributed by atoms with Gasteiger partial charge in [0.15, 0.2) is 0 Å². The molecule has 1 heterocycles. The fourth-order valence-electron chi connectivity index (χ4n) is 2.08. The van der Waals surface area contributed by atoms with Crippen LogP contribution >= 0.6 is 15.9 Å². The van der Waals surface area contributed by atoms with Crippen LogP contribution in [0.25, 0.3) is 0 Å². The first-order valence-electron chi connectivity index (χ1n) is 5.96. The minimum absolute atomic E-state index is 0.00963. The van der Waals surface area contributed by atoms with E-state index >= 15 is 0 Å². The molecular formula is C13H17BrN2O. The molecule has 0 radical (unpaired) electrons. The average Bonchev–Trinajstić information content (AvgIpc) is 2.82. The van der Waals surface area contributed by atoms with Crippen molar-refractivity contribution in [2.75, 3.05) is 6.54 Å². The molecule has 1 amide bonds. The van der Waals surface area contributed by atoms with Gasteiger partial charge in [0.2, 0.25) is 5.91 Å². The zero-order valence-corrected chi connectivity index (χ0v) is 11.5. The minimum atomic E-state index is -0.00963. The van der Waals surface area contributed by atoms with Gasteiger partial charge in [0, 0.05) is 4.47 Å². The molecule has 1 aromatic rings. The number of rotatable bonds is 3. The van der Waals surface area contributed by atoms with E-state index in [9.17, 15) is 4.79 Å². The van der Waals surface area contributed by atoms with Crippen molar-refractivity contribution >= 4 is 21.8 Å². The van der Waals surface area contributed by atoms with Crippen molar-refractivity contribution in [3.05, 3.63) is 34.3 Å². The molecule has 1 aliphatic heterocycles. The Labute approximate surface area is 110 Å². The molecule has 1 aromatic carbocycles. The monoisotopic (exact) mass is 296 g/mol. The third kappa shape index (κ3) is 3.30. The third-order valence-electron chi connectivity index (χ3n) is 3.08. The maximum absolute atomic E-state index is 11.9. The van der Waals surface area contributed by atoms with Crippen LogP contribution in [0.5, 0.6) is 0 Å². The standard InChI is InChI=1S/C13H17BrN2O/c1-9(10-4-2-5-11(14)8-10)16-13(17)12-6-3-7-15-12/h2,4-5,8-9,12,15H,3,6-7H2,1H3,(H,16,17)/t9-,12-/m1/s1. The summed E-state index contributed by atoms with van der Waals surface area (Å²) < 4.78 is 1.04. The third-order valence-corrected chi connectivity index (χ3v) is 3.58. The van der Waals surface area contributed by atoms with Crippen LogP contribution in [-0.2, 0) is 4.79 Å².